The lowest BCUT2D eigenvalue weighted by Crippen LogP contribution is -2.15. The topological polar surface area (TPSA) is 110 Å². The summed E-state index contributed by atoms with van der Waals surface area (Å²) in [5, 5.41) is 2.75. The van der Waals surface area contributed by atoms with Crippen LogP contribution in [0.25, 0.3) is 0 Å². The third kappa shape index (κ3) is 6.02. The third-order valence-electron chi connectivity index (χ3n) is 4.14. The second-order valence-corrected chi connectivity index (χ2v) is 8.15. The van der Waals surface area contributed by atoms with Gasteiger partial charge in [0.15, 0.2) is 0 Å². The quantitative estimate of drug-likeness (QED) is 0.508. The van der Waals surface area contributed by atoms with Gasteiger partial charge in [-0.3, -0.25) is 4.79 Å². The molecular formula is C21H22N4O4S. The van der Waals surface area contributed by atoms with E-state index < -0.39 is 10.0 Å². The van der Waals surface area contributed by atoms with E-state index in [0.29, 0.717) is 25.1 Å². The fourth-order valence-electron chi connectivity index (χ4n) is 2.61. The molecule has 2 N–H and O–H groups in total. The first-order valence-corrected chi connectivity index (χ1v) is 10.8. The van der Waals surface area contributed by atoms with Crippen molar-refractivity contribution < 1.29 is 17.9 Å². The van der Waals surface area contributed by atoms with Crippen molar-refractivity contribution in [1.29, 1.82) is 0 Å². The van der Waals surface area contributed by atoms with Crippen molar-refractivity contribution >= 4 is 27.6 Å². The van der Waals surface area contributed by atoms with Gasteiger partial charge in [0.1, 0.15) is 5.75 Å². The van der Waals surface area contributed by atoms with E-state index in [2.05, 4.69) is 20.0 Å². The number of nitrogens with zero attached hydrogens (tertiary/aromatic N) is 2. The summed E-state index contributed by atoms with van der Waals surface area (Å²) < 4.78 is 32.7. The minimum Gasteiger partial charge on any atom is -0.493 e. The van der Waals surface area contributed by atoms with Crippen LogP contribution in [0.2, 0.25) is 0 Å². The number of carbonyl (C=O) groups is 1. The van der Waals surface area contributed by atoms with Gasteiger partial charge in [-0.1, -0.05) is 18.2 Å². The van der Waals surface area contributed by atoms with Gasteiger partial charge in [0.05, 0.1) is 11.5 Å². The number of anilines is 2. The maximum Gasteiger partial charge on any atom is 0.264 e. The van der Waals surface area contributed by atoms with E-state index in [9.17, 15) is 13.2 Å². The summed E-state index contributed by atoms with van der Waals surface area (Å²) in [7, 11) is -3.81. The number of nitrogens with one attached hydrogen (secondary N) is 2. The number of sulfonamides is 1. The molecule has 0 radical (unpaired) electrons. The summed E-state index contributed by atoms with van der Waals surface area (Å²) in [5.74, 6) is 0.627. The molecule has 30 heavy (non-hydrogen) atoms. The first-order valence-electron chi connectivity index (χ1n) is 9.32. The van der Waals surface area contributed by atoms with E-state index in [4.69, 9.17) is 4.74 Å². The predicted molar refractivity (Wildman–Crippen MR) is 114 cm³/mol. The molecule has 0 saturated carbocycles. The highest BCUT2D eigenvalue weighted by atomic mass is 32.2. The fraction of sp³-hybridized carbons (Fsp3) is 0.190. The number of aromatic nitrogens is 2. The van der Waals surface area contributed by atoms with Gasteiger partial charge in [-0.15, -0.1) is 0 Å². The van der Waals surface area contributed by atoms with Gasteiger partial charge >= 0.3 is 0 Å². The summed E-state index contributed by atoms with van der Waals surface area (Å²) in [6, 6.07) is 15.2. The molecule has 3 aromatic rings. The van der Waals surface area contributed by atoms with Crippen molar-refractivity contribution in [2.45, 2.75) is 24.7 Å². The number of hydrogen-bond acceptors (Lipinski definition) is 6. The molecule has 2 aromatic carbocycles. The van der Waals surface area contributed by atoms with Crippen LogP contribution in [0.15, 0.2) is 71.9 Å². The average molecular weight is 426 g/mol. The number of carbonyl (C=O) groups excluding carboxylic acids is 1. The molecule has 156 valence electrons. The SMILES string of the molecule is Cc1ccccc1OCCCC(=O)Nc1ccc(S(=O)(=O)Nc2ncccn2)cc1. The summed E-state index contributed by atoms with van der Waals surface area (Å²) >= 11 is 0. The Kier molecular flexibility index (Phi) is 6.97. The summed E-state index contributed by atoms with van der Waals surface area (Å²) in [5.41, 5.74) is 1.56. The van der Waals surface area contributed by atoms with Gasteiger partial charge in [-0.05, 0) is 55.3 Å². The second-order valence-electron chi connectivity index (χ2n) is 6.47. The normalized spacial score (nSPS) is 11.0. The lowest BCUT2D eigenvalue weighted by molar-refractivity contribution is -0.116. The Morgan fingerprint density at radius 2 is 1.70 bits per heavy atom. The molecule has 1 amide bonds. The van der Waals surface area contributed by atoms with E-state index in [1.54, 1.807) is 6.07 Å². The van der Waals surface area contributed by atoms with Crippen molar-refractivity contribution in [3.8, 4) is 5.75 Å². The molecule has 0 aliphatic rings. The van der Waals surface area contributed by atoms with Gasteiger partial charge in [0, 0.05) is 24.5 Å². The molecule has 0 aliphatic carbocycles. The van der Waals surface area contributed by atoms with Crippen LogP contribution < -0.4 is 14.8 Å². The van der Waals surface area contributed by atoms with Crippen LogP contribution in [-0.4, -0.2) is 30.9 Å². The molecule has 0 aliphatic heterocycles. The zero-order chi connectivity index (χ0) is 21.4. The van der Waals surface area contributed by atoms with Gasteiger partial charge in [0.2, 0.25) is 11.9 Å². The second kappa shape index (κ2) is 9.84. The van der Waals surface area contributed by atoms with Crippen LogP contribution in [0.5, 0.6) is 5.75 Å². The van der Waals surface area contributed by atoms with E-state index in [-0.39, 0.29) is 16.8 Å². The largest absolute Gasteiger partial charge is 0.493 e. The van der Waals surface area contributed by atoms with Crippen LogP contribution in [0, 0.1) is 6.92 Å². The maximum absolute atomic E-state index is 12.4. The summed E-state index contributed by atoms with van der Waals surface area (Å²) in [6.45, 7) is 2.40. The van der Waals surface area contributed by atoms with Crippen molar-refractivity contribution in [3.05, 3.63) is 72.6 Å². The highest BCUT2D eigenvalue weighted by molar-refractivity contribution is 7.92. The molecule has 0 fully saturated rings. The van der Waals surface area contributed by atoms with Gasteiger partial charge < -0.3 is 10.1 Å². The lowest BCUT2D eigenvalue weighted by Gasteiger charge is -2.10. The molecule has 0 spiro atoms. The molecule has 9 heteroatoms. The monoisotopic (exact) mass is 426 g/mol. The Morgan fingerprint density at radius 3 is 2.40 bits per heavy atom. The number of para-hydroxylation sites is 1. The number of amides is 1. The molecule has 0 saturated heterocycles. The number of hydrogen-bond donors (Lipinski definition) is 2. The first kappa shape index (κ1) is 21.3. The average Bonchev–Trinajstić information content (AvgIpc) is 2.73. The number of benzene rings is 2. The molecule has 0 atom stereocenters. The zero-order valence-electron chi connectivity index (χ0n) is 16.4. The van der Waals surface area contributed by atoms with Crippen LogP contribution in [0.4, 0.5) is 11.6 Å². The van der Waals surface area contributed by atoms with Crippen LogP contribution in [0.3, 0.4) is 0 Å². The Balaban J connectivity index is 1.47. The molecule has 0 bridgehead atoms. The molecule has 0 unspecified atom stereocenters. The molecule has 8 nitrogen and oxygen atoms in total. The van der Waals surface area contributed by atoms with Crippen LogP contribution >= 0.6 is 0 Å². The first-order chi connectivity index (χ1) is 14.4. The van der Waals surface area contributed by atoms with Crippen molar-refractivity contribution in [1.82, 2.24) is 9.97 Å². The predicted octanol–water partition coefficient (Wildman–Crippen LogP) is 3.38. The lowest BCUT2D eigenvalue weighted by atomic mass is 10.2. The minimum atomic E-state index is -3.81. The van der Waals surface area contributed by atoms with E-state index >= 15 is 0 Å². The summed E-state index contributed by atoms with van der Waals surface area (Å²) in [6.07, 6.45) is 3.73. The fourth-order valence-corrected chi connectivity index (χ4v) is 3.56. The summed E-state index contributed by atoms with van der Waals surface area (Å²) in [4.78, 5) is 19.8. The number of rotatable bonds is 9. The van der Waals surface area contributed by atoms with E-state index in [0.717, 1.165) is 11.3 Å². The van der Waals surface area contributed by atoms with E-state index in [1.807, 2.05) is 31.2 Å². The van der Waals surface area contributed by atoms with Crippen molar-refractivity contribution in [3.63, 3.8) is 0 Å². The molecule has 1 heterocycles. The van der Waals surface area contributed by atoms with Crippen LogP contribution in [0.1, 0.15) is 18.4 Å². The smallest absolute Gasteiger partial charge is 0.264 e. The van der Waals surface area contributed by atoms with Crippen LogP contribution in [-0.2, 0) is 14.8 Å². The van der Waals surface area contributed by atoms with Crippen molar-refractivity contribution in [2.24, 2.45) is 0 Å². The third-order valence-corrected chi connectivity index (χ3v) is 5.48. The highest BCUT2D eigenvalue weighted by Crippen LogP contribution is 2.18. The number of aryl methyl sites for hydroxylation is 1. The molecular weight excluding hydrogens is 404 g/mol. The minimum absolute atomic E-state index is 0.0113. The van der Waals surface area contributed by atoms with Gasteiger partial charge in [-0.25, -0.2) is 23.1 Å². The van der Waals surface area contributed by atoms with E-state index in [1.165, 1.54) is 36.7 Å². The highest BCUT2D eigenvalue weighted by Gasteiger charge is 2.15. The zero-order valence-corrected chi connectivity index (χ0v) is 17.2. The molecule has 1 aromatic heterocycles. The Hall–Kier alpha value is -3.46. The standard InChI is InChI=1S/C21H22N4O4S/c1-16-6-2-3-7-19(16)29-15-4-8-20(26)24-17-9-11-18(12-10-17)30(27,28)25-21-22-13-5-14-23-21/h2-3,5-7,9-14H,4,8,15H2,1H3,(H,24,26)(H,22,23,25). The Morgan fingerprint density at radius 1 is 1.00 bits per heavy atom. The maximum atomic E-state index is 12.4. The van der Waals surface area contributed by atoms with Crippen molar-refractivity contribution in [2.75, 3.05) is 16.6 Å². The Bertz CT molecular complexity index is 1090. The Labute approximate surface area is 175 Å². The van der Waals surface area contributed by atoms with Gasteiger partial charge in [0.25, 0.3) is 10.0 Å². The number of ether oxygens (including phenoxy) is 1. The van der Waals surface area contributed by atoms with Gasteiger partial charge in [-0.2, -0.15) is 0 Å². The molecule has 3 rings (SSSR count).